The van der Waals surface area contributed by atoms with Gasteiger partial charge in [-0.2, -0.15) is 0 Å². The van der Waals surface area contributed by atoms with Gasteiger partial charge in [0.2, 0.25) is 0 Å². The highest BCUT2D eigenvalue weighted by Crippen LogP contribution is 2.26. The lowest BCUT2D eigenvalue weighted by Gasteiger charge is -2.02. The van der Waals surface area contributed by atoms with Crippen molar-refractivity contribution in [2.24, 2.45) is 0 Å². The molecule has 0 radical (unpaired) electrons. The quantitative estimate of drug-likeness (QED) is 0.595. The van der Waals surface area contributed by atoms with Crippen LogP contribution in [0.4, 0.5) is 0 Å². The predicted molar refractivity (Wildman–Crippen MR) is 93.5 cm³/mol. The van der Waals surface area contributed by atoms with Gasteiger partial charge in [0.25, 0.3) is 5.56 Å². The molecule has 0 aliphatic rings. The van der Waals surface area contributed by atoms with Crippen molar-refractivity contribution < 1.29 is 5.11 Å². The molecule has 0 saturated heterocycles. The van der Waals surface area contributed by atoms with Crippen LogP contribution in [0.5, 0.6) is 5.75 Å². The molecule has 5 heteroatoms. The summed E-state index contributed by atoms with van der Waals surface area (Å²) >= 11 is 0. The van der Waals surface area contributed by atoms with Crippen LogP contribution < -0.4 is 5.56 Å². The van der Waals surface area contributed by atoms with Crippen LogP contribution in [0.3, 0.4) is 0 Å². The van der Waals surface area contributed by atoms with Gasteiger partial charge < -0.3 is 5.11 Å². The highest BCUT2D eigenvalue weighted by atomic mass is 16.3. The van der Waals surface area contributed by atoms with E-state index < -0.39 is 0 Å². The van der Waals surface area contributed by atoms with Crippen LogP contribution in [0.1, 0.15) is 5.56 Å². The molecule has 0 fully saturated rings. The predicted octanol–water partition coefficient (Wildman–Crippen LogP) is 3.39. The van der Waals surface area contributed by atoms with Gasteiger partial charge in [-0.1, -0.05) is 29.8 Å². The Labute approximate surface area is 137 Å². The van der Waals surface area contributed by atoms with Gasteiger partial charge in [-0.15, -0.1) is 0 Å². The minimum absolute atomic E-state index is 0.148. The number of aromatic nitrogens is 3. The molecule has 0 aliphatic carbocycles. The average molecular weight is 317 g/mol. The first-order valence-corrected chi connectivity index (χ1v) is 7.60. The number of nitrogens with one attached hydrogen (secondary N) is 1. The summed E-state index contributed by atoms with van der Waals surface area (Å²) in [5.41, 5.74) is 3.92. The molecule has 2 aromatic carbocycles. The Kier molecular flexibility index (Phi) is 3.20. The average Bonchev–Trinajstić information content (AvgIpc) is 2.93. The summed E-state index contributed by atoms with van der Waals surface area (Å²) in [4.78, 5) is 17.2. The summed E-state index contributed by atoms with van der Waals surface area (Å²) in [5, 5.41) is 13.1. The molecule has 0 bridgehead atoms. The maximum absolute atomic E-state index is 12.9. The molecule has 0 amide bonds. The number of phenolic OH excluding ortho intramolecular Hbond substituents is 1. The molecule has 2 aromatic heterocycles. The van der Waals surface area contributed by atoms with E-state index >= 15 is 0 Å². The van der Waals surface area contributed by atoms with Crippen molar-refractivity contribution in [1.29, 1.82) is 0 Å². The van der Waals surface area contributed by atoms with Crippen molar-refractivity contribution in [3.63, 3.8) is 0 Å². The fraction of sp³-hybridized carbons (Fsp3) is 0.0526. The number of rotatable bonds is 2. The number of benzene rings is 2. The van der Waals surface area contributed by atoms with E-state index in [0.29, 0.717) is 11.0 Å². The number of pyridine rings is 1. The number of fused-ring (bicyclic) bond motifs is 1. The Hall–Kier alpha value is -3.34. The molecular formula is C19H15N3O2. The first kappa shape index (κ1) is 14.3. The third kappa shape index (κ3) is 2.27. The van der Waals surface area contributed by atoms with Crippen molar-refractivity contribution in [2.45, 2.75) is 6.92 Å². The standard InChI is InChI=1S/C19H15N3O2/c1-12-2-6-14(7-3-12)22-19(24)17-16(10-11-20-18(17)21-22)13-4-8-15(23)9-5-13/h2-11,23H,1H3,(H,20,21). The number of nitrogens with zero attached hydrogens (tertiary/aromatic N) is 2. The lowest BCUT2D eigenvalue weighted by Crippen LogP contribution is -2.14. The highest BCUT2D eigenvalue weighted by Gasteiger charge is 2.14. The summed E-state index contributed by atoms with van der Waals surface area (Å²) < 4.78 is 1.50. The number of H-pyrrole nitrogens is 1. The maximum Gasteiger partial charge on any atom is 0.281 e. The van der Waals surface area contributed by atoms with Gasteiger partial charge in [0, 0.05) is 6.20 Å². The second-order valence-electron chi connectivity index (χ2n) is 5.72. The number of aryl methyl sites for hydroxylation is 1. The maximum atomic E-state index is 12.9. The van der Waals surface area contributed by atoms with Crippen molar-refractivity contribution in [1.82, 2.24) is 14.8 Å². The second-order valence-corrected chi connectivity index (χ2v) is 5.72. The van der Waals surface area contributed by atoms with Crippen LogP contribution in [-0.4, -0.2) is 19.9 Å². The van der Waals surface area contributed by atoms with Crippen LogP contribution in [0.25, 0.3) is 27.8 Å². The van der Waals surface area contributed by atoms with Gasteiger partial charge in [-0.3, -0.25) is 9.89 Å². The van der Waals surface area contributed by atoms with E-state index in [1.807, 2.05) is 37.3 Å². The Bertz CT molecular complexity index is 1070. The number of aromatic hydroxyl groups is 1. The Morgan fingerprint density at radius 1 is 1.00 bits per heavy atom. The lowest BCUT2D eigenvalue weighted by atomic mass is 10.0. The zero-order chi connectivity index (χ0) is 16.7. The van der Waals surface area contributed by atoms with Gasteiger partial charge in [-0.05, 0) is 48.4 Å². The fourth-order valence-electron chi connectivity index (χ4n) is 2.79. The SMILES string of the molecule is Cc1ccc(-n2[nH]c3nccc(-c4ccc(O)cc4)c3c2=O)cc1. The second kappa shape index (κ2) is 5.38. The van der Waals surface area contributed by atoms with Gasteiger partial charge in [0.05, 0.1) is 11.1 Å². The Balaban J connectivity index is 1.96. The number of aromatic amines is 1. The van der Waals surface area contributed by atoms with E-state index in [2.05, 4.69) is 10.1 Å². The van der Waals surface area contributed by atoms with E-state index in [4.69, 9.17) is 0 Å². The normalized spacial score (nSPS) is 11.0. The van der Waals surface area contributed by atoms with Crippen LogP contribution in [-0.2, 0) is 0 Å². The lowest BCUT2D eigenvalue weighted by molar-refractivity contribution is 0.475. The van der Waals surface area contributed by atoms with Crippen LogP contribution >= 0.6 is 0 Å². The van der Waals surface area contributed by atoms with Crippen molar-refractivity contribution in [3.05, 3.63) is 76.7 Å². The van der Waals surface area contributed by atoms with Gasteiger partial charge >= 0.3 is 0 Å². The molecule has 0 unspecified atom stereocenters. The van der Waals surface area contributed by atoms with Crippen LogP contribution in [0, 0.1) is 6.92 Å². The van der Waals surface area contributed by atoms with E-state index in [1.165, 1.54) is 4.68 Å². The molecule has 0 atom stereocenters. The summed E-state index contributed by atoms with van der Waals surface area (Å²) in [5.74, 6) is 0.190. The van der Waals surface area contributed by atoms with Gasteiger partial charge in [0.1, 0.15) is 5.75 Å². The largest absolute Gasteiger partial charge is 0.508 e. The third-order valence-corrected chi connectivity index (χ3v) is 4.06. The molecule has 0 saturated carbocycles. The molecule has 2 heterocycles. The summed E-state index contributed by atoms with van der Waals surface area (Å²) in [6, 6.07) is 16.3. The fourth-order valence-corrected chi connectivity index (χ4v) is 2.79. The molecule has 0 aliphatic heterocycles. The van der Waals surface area contributed by atoms with Gasteiger partial charge in [0.15, 0.2) is 5.65 Å². The topological polar surface area (TPSA) is 70.9 Å². The molecule has 0 spiro atoms. The highest BCUT2D eigenvalue weighted by molar-refractivity contribution is 5.92. The number of hydrogen-bond donors (Lipinski definition) is 2. The minimum atomic E-state index is -0.148. The molecule has 4 rings (SSSR count). The van der Waals surface area contributed by atoms with E-state index in [-0.39, 0.29) is 11.3 Å². The first-order chi connectivity index (χ1) is 11.6. The zero-order valence-electron chi connectivity index (χ0n) is 13.0. The summed E-state index contributed by atoms with van der Waals surface area (Å²) in [6.07, 6.45) is 1.67. The molecule has 4 aromatic rings. The summed E-state index contributed by atoms with van der Waals surface area (Å²) in [6.45, 7) is 2.00. The Morgan fingerprint density at radius 3 is 2.42 bits per heavy atom. The van der Waals surface area contributed by atoms with E-state index in [1.54, 1.807) is 30.5 Å². The summed E-state index contributed by atoms with van der Waals surface area (Å²) in [7, 11) is 0. The molecule has 24 heavy (non-hydrogen) atoms. The van der Waals surface area contributed by atoms with E-state index in [0.717, 1.165) is 22.4 Å². The van der Waals surface area contributed by atoms with E-state index in [9.17, 15) is 9.90 Å². The monoisotopic (exact) mass is 317 g/mol. The first-order valence-electron chi connectivity index (χ1n) is 7.60. The molecule has 2 N–H and O–H groups in total. The molecule has 5 nitrogen and oxygen atoms in total. The molecule has 118 valence electrons. The van der Waals surface area contributed by atoms with Crippen LogP contribution in [0.2, 0.25) is 0 Å². The Morgan fingerprint density at radius 2 is 1.71 bits per heavy atom. The molecular weight excluding hydrogens is 302 g/mol. The number of hydrogen-bond acceptors (Lipinski definition) is 3. The number of phenols is 1. The zero-order valence-corrected chi connectivity index (χ0v) is 13.0. The van der Waals surface area contributed by atoms with Gasteiger partial charge in [-0.25, -0.2) is 9.67 Å². The minimum Gasteiger partial charge on any atom is -0.508 e. The van der Waals surface area contributed by atoms with Crippen molar-refractivity contribution >= 4 is 11.0 Å². The third-order valence-electron chi connectivity index (χ3n) is 4.06. The van der Waals surface area contributed by atoms with Crippen molar-refractivity contribution in [2.75, 3.05) is 0 Å². The van der Waals surface area contributed by atoms with Crippen LogP contribution in [0.15, 0.2) is 65.6 Å². The van der Waals surface area contributed by atoms with Crippen molar-refractivity contribution in [3.8, 4) is 22.6 Å². The smallest absolute Gasteiger partial charge is 0.281 e.